The first-order chi connectivity index (χ1) is 7.84. The van der Waals surface area contributed by atoms with Gasteiger partial charge in [0, 0.05) is 22.0 Å². The van der Waals surface area contributed by atoms with Gasteiger partial charge in [-0.15, -0.1) is 11.8 Å². The summed E-state index contributed by atoms with van der Waals surface area (Å²) in [6.45, 7) is 3.73. The van der Waals surface area contributed by atoms with Crippen LogP contribution in [0.3, 0.4) is 0 Å². The first-order valence-corrected chi connectivity index (χ1v) is 7.79. The third kappa shape index (κ3) is 4.11. The van der Waals surface area contributed by atoms with E-state index in [9.17, 15) is 0 Å². The predicted molar refractivity (Wildman–Crippen MR) is 75.6 cm³/mol. The summed E-state index contributed by atoms with van der Waals surface area (Å²) < 4.78 is 0. The zero-order valence-corrected chi connectivity index (χ0v) is 11.8. The molecule has 0 bridgehead atoms. The van der Waals surface area contributed by atoms with Crippen LogP contribution in [0.4, 0.5) is 0 Å². The van der Waals surface area contributed by atoms with Crippen molar-refractivity contribution in [1.82, 2.24) is 4.90 Å². The molecule has 1 saturated heterocycles. The van der Waals surface area contributed by atoms with E-state index in [1.165, 1.54) is 43.1 Å². The molecule has 0 radical (unpaired) electrons. The molecule has 0 N–H and O–H groups in total. The minimum Gasteiger partial charge on any atom is -0.302 e. The fraction of sp³-hybridized carbons (Fsp3) is 0.538. The van der Waals surface area contributed by atoms with E-state index >= 15 is 0 Å². The van der Waals surface area contributed by atoms with Gasteiger partial charge >= 0.3 is 0 Å². The Morgan fingerprint density at radius 2 is 1.88 bits per heavy atom. The summed E-state index contributed by atoms with van der Waals surface area (Å²) in [6, 6.07) is 10.7. The Morgan fingerprint density at radius 3 is 2.56 bits per heavy atom. The van der Waals surface area contributed by atoms with Crippen molar-refractivity contribution in [3.63, 3.8) is 0 Å². The highest BCUT2D eigenvalue weighted by Gasteiger charge is 2.15. The van der Waals surface area contributed by atoms with Crippen LogP contribution in [0.25, 0.3) is 0 Å². The molecule has 1 aromatic carbocycles. The summed E-state index contributed by atoms with van der Waals surface area (Å²) in [5, 5.41) is 0. The lowest BCUT2D eigenvalue weighted by Crippen LogP contribution is -2.35. The van der Waals surface area contributed by atoms with Gasteiger partial charge in [0.2, 0.25) is 0 Å². The van der Waals surface area contributed by atoms with E-state index in [1.54, 1.807) is 0 Å². The number of likely N-dealkylation sites (tertiary alicyclic amines) is 1. The van der Waals surface area contributed by atoms with Crippen molar-refractivity contribution < 1.29 is 0 Å². The lowest BCUT2D eigenvalue weighted by atomic mass is 10.1. The SMILES string of the molecule is BrC1CCN(CCSc2ccccc2)CC1. The van der Waals surface area contributed by atoms with Crippen LogP contribution < -0.4 is 0 Å². The second-order valence-corrected chi connectivity index (χ2v) is 6.64. The Labute approximate surface area is 111 Å². The van der Waals surface area contributed by atoms with Gasteiger partial charge in [0.1, 0.15) is 0 Å². The van der Waals surface area contributed by atoms with Crippen LogP contribution >= 0.6 is 27.7 Å². The van der Waals surface area contributed by atoms with Crippen molar-refractivity contribution in [1.29, 1.82) is 0 Å². The predicted octanol–water partition coefficient (Wildman–Crippen LogP) is 3.64. The molecule has 0 aliphatic carbocycles. The van der Waals surface area contributed by atoms with Crippen LogP contribution in [0.1, 0.15) is 12.8 Å². The van der Waals surface area contributed by atoms with Gasteiger partial charge in [-0.05, 0) is 38.1 Å². The fourth-order valence-electron chi connectivity index (χ4n) is 1.93. The quantitative estimate of drug-likeness (QED) is 0.617. The maximum Gasteiger partial charge on any atom is 0.0170 e. The molecular formula is C13H18BrNS. The molecule has 1 aliphatic rings. The molecule has 0 spiro atoms. The van der Waals surface area contributed by atoms with Crippen molar-refractivity contribution in [2.24, 2.45) is 0 Å². The molecule has 0 unspecified atom stereocenters. The van der Waals surface area contributed by atoms with Crippen molar-refractivity contribution >= 4 is 27.7 Å². The first-order valence-electron chi connectivity index (χ1n) is 5.89. The summed E-state index contributed by atoms with van der Waals surface area (Å²) in [5.74, 6) is 1.21. The van der Waals surface area contributed by atoms with Gasteiger partial charge in [0.25, 0.3) is 0 Å². The highest BCUT2D eigenvalue weighted by molar-refractivity contribution is 9.09. The van der Waals surface area contributed by atoms with E-state index in [4.69, 9.17) is 0 Å². The number of thioether (sulfide) groups is 1. The van der Waals surface area contributed by atoms with Gasteiger partial charge < -0.3 is 4.90 Å². The van der Waals surface area contributed by atoms with Gasteiger partial charge in [-0.1, -0.05) is 34.1 Å². The molecule has 2 rings (SSSR count). The number of piperidine rings is 1. The standard InChI is InChI=1S/C13H18BrNS/c14-12-6-8-15(9-7-12)10-11-16-13-4-2-1-3-5-13/h1-5,12H,6-11H2. The van der Waals surface area contributed by atoms with E-state index < -0.39 is 0 Å². The summed E-state index contributed by atoms with van der Waals surface area (Å²) >= 11 is 5.65. The fourth-order valence-corrected chi connectivity index (χ4v) is 3.28. The topological polar surface area (TPSA) is 3.24 Å². The smallest absolute Gasteiger partial charge is 0.0170 e. The molecule has 1 aliphatic heterocycles. The summed E-state index contributed by atoms with van der Waals surface area (Å²) in [5.41, 5.74) is 0. The largest absolute Gasteiger partial charge is 0.302 e. The number of nitrogens with zero attached hydrogens (tertiary/aromatic N) is 1. The minimum absolute atomic E-state index is 0.755. The molecule has 1 fully saturated rings. The maximum absolute atomic E-state index is 3.69. The molecule has 1 nitrogen and oxygen atoms in total. The Balaban J connectivity index is 1.65. The lowest BCUT2D eigenvalue weighted by Gasteiger charge is -2.29. The van der Waals surface area contributed by atoms with Crippen molar-refractivity contribution in [3.8, 4) is 0 Å². The number of hydrogen-bond acceptors (Lipinski definition) is 2. The monoisotopic (exact) mass is 299 g/mol. The van der Waals surface area contributed by atoms with Gasteiger partial charge in [-0.2, -0.15) is 0 Å². The second kappa shape index (κ2) is 6.67. The highest BCUT2D eigenvalue weighted by atomic mass is 79.9. The molecule has 1 aromatic rings. The molecule has 1 heterocycles. The van der Waals surface area contributed by atoms with E-state index in [2.05, 4.69) is 51.2 Å². The average molecular weight is 300 g/mol. The minimum atomic E-state index is 0.755. The molecule has 0 atom stereocenters. The average Bonchev–Trinajstić information content (AvgIpc) is 2.33. The van der Waals surface area contributed by atoms with Crippen LogP contribution in [0.2, 0.25) is 0 Å². The number of halogens is 1. The lowest BCUT2D eigenvalue weighted by molar-refractivity contribution is 0.248. The van der Waals surface area contributed by atoms with Crippen molar-refractivity contribution in [3.05, 3.63) is 30.3 Å². The van der Waals surface area contributed by atoms with Crippen LogP contribution in [0, 0.1) is 0 Å². The van der Waals surface area contributed by atoms with Crippen molar-refractivity contribution in [2.75, 3.05) is 25.4 Å². The van der Waals surface area contributed by atoms with Crippen molar-refractivity contribution in [2.45, 2.75) is 22.6 Å². The Bertz CT molecular complexity index is 296. The molecular weight excluding hydrogens is 282 g/mol. The third-order valence-corrected chi connectivity index (χ3v) is 4.84. The van der Waals surface area contributed by atoms with E-state index in [0.717, 1.165) is 4.83 Å². The van der Waals surface area contributed by atoms with Crippen LogP contribution in [-0.2, 0) is 0 Å². The zero-order chi connectivity index (χ0) is 11.2. The third-order valence-electron chi connectivity index (χ3n) is 2.94. The van der Waals surface area contributed by atoms with Crippen LogP contribution in [0.15, 0.2) is 35.2 Å². The molecule has 3 heteroatoms. The summed E-state index contributed by atoms with van der Waals surface area (Å²) in [4.78, 5) is 4.72. The van der Waals surface area contributed by atoms with Crippen LogP contribution in [-0.4, -0.2) is 35.1 Å². The van der Waals surface area contributed by atoms with E-state index in [0.29, 0.717) is 0 Å². The summed E-state index contributed by atoms with van der Waals surface area (Å²) in [7, 11) is 0. The second-order valence-electron chi connectivity index (χ2n) is 4.18. The van der Waals surface area contributed by atoms with E-state index in [-0.39, 0.29) is 0 Å². The van der Waals surface area contributed by atoms with Gasteiger partial charge in [-0.25, -0.2) is 0 Å². The first kappa shape index (κ1) is 12.5. The number of hydrogen-bond donors (Lipinski definition) is 0. The Morgan fingerprint density at radius 1 is 1.19 bits per heavy atom. The summed E-state index contributed by atoms with van der Waals surface area (Å²) in [6.07, 6.45) is 2.60. The molecule has 0 amide bonds. The number of rotatable bonds is 4. The van der Waals surface area contributed by atoms with E-state index in [1.807, 2.05) is 11.8 Å². The van der Waals surface area contributed by atoms with Crippen LogP contribution in [0.5, 0.6) is 0 Å². The molecule has 88 valence electrons. The molecule has 16 heavy (non-hydrogen) atoms. The zero-order valence-electron chi connectivity index (χ0n) is 9.44. The van der Waals surface area contributed by atoms with Gasteiger partial charge in [0.05, 0.1) is 0 Å². The Kier molecular flexibility index (Phi) is 5.20. The Hall–Kier alpha value is 0.0100. The number of alkyl halides is 1. The number of benzene rings is 1. The maximum atomic E-state index is 3.69. The van der Waals surface area contributed by atoms with Gasteiger partial charge in [-0.3, -0.25) is 0 Å². The van der Waals surface area contributed by atoms with Gasteiger partial charge in [0.15, 0.2) is 0 Å². The molecule has 0 saturated carbocycles. The normalized spacial score (nSPS) is 18.8. The molecule has 0 aromatic heterocycles. The highest BCUT2D eigenvalue weighted by Crippen LogP contribution is 2.20.